The van der Waals surface area contributed by atoms with Gasteiger partial charge in [0.05, 0.1) is 0 Å². The van der Waals surface area contributed by atoms with E-state index >= 15 is 0 Å². The number of carbonyl (C=O) groups is 1. The molecule has 3 nitrogen and oxygen atoms in total. The van der Waals surface area contributed by atoms with Gasteiger partial charge in [-0.05, 0) is 58.2 Å². The predicted molar refractivity (Wildman–Crippen MR) is 105 cm³/mol. The molecule has 1 aromatic carbocycles. The van der Waals surface area contributed by atoms with Crippen molar-refractivity contribution in [1.29, 1.82) is 0 Å². The molecule has 3 unspecified atom stereocenters. The topological polar surface area (TPSA) is 46.5 Å². The van der Waals surface area contributed by atoms with Crippen LogP contribution in [0.1, 0.15) is 90.2 Å². The zero-order valence-corrected chi connectivity index (χ0v) is 17.0. The highest BCUT2D eigenvalue weighted by molar-refractivity contribution is 5.81. The smallest absolute Gasteiger partial charge is 0.133 e. The van der Waals surface area contributed by atoms with Gasteiger partial charge in [-0.3, -0.25) is 4.79 Å². The average Bonchev–Trinajstić information content (AvgIpc) is 2.58. The Labute approximate surface area is 157 Å². The second-order valence-corrected chi connectivity index (χ2v) is 8.69. The molecule has 1 aliphatic carbocycles. The first-order valence-corrected chi connectivity index (χ1v) is 9.89. The first-order chi connectivity index (χ1) is 12.2. The van der Waals surface area contributed by atoms with E-state index in [4.69, 9.17) is 4.74 Å². The second-order valence-electron chi connectivity index (χ2n) is 8.69. The summed E-state index contributed by atoms with van der Waals surface area (Å²) in [7, 11) is 0. The molecule has 3 heteroatoms. The van der Waals surface area contributed by atoms with E-state index in [2.05, 4.69) is 47.6 Å². The number of phenols is 1. The highest BCUT2D eigenvalue weighted by atomic mass is 16.5. The largest absolute Gasteiger partial charge is 0.508 e. The SMILES string of the molecule is CCC(C)=C(C)C(C)c1cc(O)c2c(c1)OC(C)(C)C1CCC(=O)CC21. The van der Waals surface area contributed by atoms with Gasteiger partial charge in [-0.15, -0.1) is 0 Å². The maximum atomic E-state index is 12.1. The molecule has 1 fully saturated rings. The van der Waals surface area contributed by atoms with E-state index in [-0.39, 0.29) is 29.1 Å². The van der Waals surface area contributed by atoms with Crippen LogP contribution in [0.3, 0.4) is 0 Å². The summed E-state index contributed by atoms with van der Waals surface area (Å²) in [6.07, 6.45) is 3.01. The van der Waals surface area contributed by atoms with Crippen molar-refractivity contribution in [3.8, 4) is 11.5 Å². The molecule has 2 aliphatic rings. The summed E-state index contributed by atoms with van der Waals surface area (Å²) >= 11 is 0. The maximum absolute atomic E-state index is 12.1. The third kappa shape index (κ3) is 3.17. The molecule has 0 aromatic heterocycles. The Hall–Kier alpha value is -1.77. The zero-order valence-electron chi connectivity index (χ0n) is 17.0. The van der Waals surface area contributed by atoms with Gasteiger partial charge in [0.25, 0.3) is 0 Å². The number of phenolic OH excluding ortho intramolecular Hbond substituents is 1. The highest BCUT2D eigenvalue weighted by Gasteiger charge is 2.47. The van der Waals surface area contributed by atoms with Crippen molar-refractivity contribution in [3.05, 3.63) is 34.4 Å². The van der Waals surface area contributed by atoms with E-state index in [1.54, 1.807) is 0 Å². The number of aromatic hydroxyl groups is 1. The lowest BCUT2D eigenvalue weighted by atomic mass is 9.66. The fraction of sp³-hybridized carbons (Fsp3) is 0.609. The maximum Gasteiger partial charge on any atom is 0.133 e. The van der Waals surface area contributed by atoms with Crippen LogP contribution < -0.4 is 4.74 Å². The highest BCUT2D eigenvalue weighted by Crippen LogP contribution is 2.54. The van der Waals surface area contributed by atoms with Crippen molar-refractivity contribution >= 4 is 5.78 Å². The number of carbonyl (C=O) groups excluding carboxylic acids is 1. The lowest BCUT2D eigenvalue weighted by molar-refractivity contribution is -0.124. The Kier molecular flexibility index (Phi) is 4.94. The number of fused-ring (bicyclic) bond motifs is 3. The number of Topliss-reactive ketones (excluding diaryl/α,β-unsaturated/α-hetero) is 1. The van der Waals surface area contributed by atoms with Crippen LogP contribution in [0.5, 0.6) is 11.5 Å². The van der Waals surface area contributed by atoms with Crippen molar-refractivity contribution in [1.82, 2.24) is 0 Å². The summed E-state index contributed by atoms with van der Waals surface area (Å²) in [4.78, 5) is 12.1. The Bertz CT molecular complexity index is 757. The normalized spacial score (nSPS) is 26.3. The minimum absolute atomic E-state index is 0.0633. The van der Waals surface area contributed by atoms with Gasteiger partial charge in [0.2, 0.25) is 0 Å². The number of hydrogen-bond acceptors (Lipinski definition) is 3. The zero-order chi connectivity index (χ0) is 19.2. The van der Waals surface area contributed by atoms with Crippen molar-refractivity contribution in [2.45, 2.75) is 84.7 Å². The molecule has 26 heavy (non-hydrogen) atoms. The lowest BCUT2D eigenvalue weighted by Gasteiger charge is -2.47. The van der Waals surface area contributed by atoms with Crippen LogP contribution in [0.2, 0.25) is 0 Å². The molecule has 1 aromatic rings. The predicted octanol–water partition coefficient (Wildman–Crippen LogP) is 5.87. The van der Waals surface area contributed by atoms with E-state index in [1.807, 2.05) is 6.07 Å². The van der Waals surface area contributed by atoms with Gasteiger partial charge in [-0.2, -0.15) is 0 Å². The van der Waals surface area contributed by atoms with Crippen LogP contribution in [0.25, 0.3) is 0 Å². The first kappa shape index (κ1) is 19.0. The van der Waals surface area contributed by atoms with Gasteiger partial charge in [0.1, 0.15) is 22.9 Å². The summed E-state index contributed by atoms with van der Waals surface area (Å²) < 4.78 is 6.37. The molecule has 3 atom stereocenters. The third-order valence-corrected chi connectivity index (χ3v) is 6.80. The van der Waals surface area contributed by atoms with Gasteiger partial charge in [0.15, 0.2) is 0 Å². The molecular formula is C23H32O3. The molecule has 1 N–H and O–H groups in total. The van der Waals surface area contributed by atoms with Crippen molar-refractivity contribution < 1.29 is 14.6 Å². The third-order valence-electron chi connectivity index (χ3n) is 6.80. The monoisotopic (exact) mass is 356 g/mol. The Morgan fingerprint density at radius 2 is 2.04 bits per heavy atom. The summed E-state index contributed by atoms with van der Waals surface area (Å²) in [6, 6.07) is 3.97. The fourth-order valence-corrected chi connectivity index (χ4v) is 4.74. The molecule has 0 saturated heterocycles. The lowest BCUT2D eigenvalue weighted by Crippen LogP contribution is -2.47. The molecule has 0 spiro atoms. The Morgan fingerprint density at radius 3 is 2.69 bits per heavy atom. The molecule has 0 amide bonds. The molecule has 1 saturated carbocycles. The summed E-state index contributed by atoms with van der Waals surface area (Å²) in [5.74, 6) is 1.90. The quantitative estimate of drug-likeness (QED) is 0.689. The number of allylic oxidation sites excluding steroid dienone is 2. The Balaban J connectivity index is 2.07. The summed E-state index contributed by atoms with van der Waals surface area (Å²) in [5.41, 5.74) is 4.31. The number of ether oxygens (including phenoxy) is 1. The van der Waals surface area contributed by atoms with Crippen LogP contribution in [-0.2, 0) is 4.79 Å². The molecule has 1 heterocycles. The van der Waals surface area contributed by atoms with E-state index in [1.165, 1.54) is 11.1 Å². The number of rotatable bonds is 3. The van der Waals surface area contributed by atoms with Gasteiger partial charge in [-0.1, -0.05) is 25.0 Å². The summed E-state index contributed by atoms with van der Waals surface area (Å²) in [5, 5.41) is 10.9. The molecular weight excluding hydrogens is 324 g/mol. The Morgan fingerprint density at radius 1 is 1.35 bits per heavy atom. The van der Waals surface area contributed by atoms with Crippen molar-refractivity contribution in [2.24, 2.45) is 5.92 Å². The van der Waals surface area contributed by atoms with Crippen molar-refractivity contribution in [3.63, 3.8) is 0 Å². The number of ketones is 1. The van der Waals surface area contributed by atoms with Crippen LogP contribution in [0.15, 0.2) is 23.3 Å². The molecule has 3 rings (SSSR count). The van der Waals surface area contributed by atoms with Crippen LogP contribution in [0, 0.1) is 5.92 Å². The van der Waals surface area contributed by atoms with Crippen LogP contribution in [-0.4, -0.2) is 16.5 Å². The number of benzene rings is 1. The van der Waals surface area contributed by atoms with Crippen LogP contribution >= 0.6 is 0 Å². The fourth-order valence-electron chi connectivity index (χ4n) is 4.74. The first-order valence-electron chi connectivity index (χ1n) is 9.89. The van der Waals surface area contributed by atoms with E-state index in [0.29, 0.717) is 18.6 Å². The minimum Gasteiger partial charge on any atom is -0.508 e. The molecule has 142 valence electrons. The molecule has 0 radical (unpaired) electrons. The van der Waals surface area contributed by atoms with Crippen molar-refractivity contribution in [2.75, 3.05) is 0 Å². The standard InChI is InChI=1S/C23H32O3/c1-7-13(2)14(3)15(4)16-10-20(25)22-18-12-17(24)8-9-19(18)23(5,6)26-21(22)11-16/h10-11,15,18-19,25H,7-9,12H2,1-6H3. The number of hydrogen-bond donors (Lipinski definition) is 1. The molecule has 1 aliphatic heterocycles. The van der Waals surface area contributed by atoms with Gasteiger partial charge < -0.3 is 9.84 Å². The van der Waals surface area contributed by atoms with Gasteiger partial charge in [-0.25, -0.2) is 0 Å². The molecule has 0 bridgehead atoms. The van der Waals surface area contributed by atoms with Gasteiger partial charge >= 0.3 is 0 Å². The van der Waals surface area contributed by atoms with E-state index < -0.39 is 0 Å². The van der Waals surface area contributed by atoms with Gasteiger partial charge in [0, 0.05) is 36.2 Å². The average molecular weight is 357 g/mol. The van der Waals surface area contributed by atoms with E-state index in [0.717, 1.165) is 29.7 Å². The van der Waals surface area contributed by atoms with E-state index in [9.17, 15) is 9.90 Å². The summed E-state index contributed by atoms with van der Waals surface area (Å²) in [6.45, 7) is 12.9. The second kappa shape index (κ2) is 6.75. The minimum atomic E-state index is -0.323. The van der Waals surface area contributed by atoms with Crippen LogP contribution in [0.4, 0.5) is 0 Å².